The van der Waals surface area contributed by atoms with E-state index in [2.05, 4.69) is 39.3 Å². The van der Waals surface area contributed by atoms with Gasteiger partial charge in [-0.1, -0.05) is 6.07 Å². The number of likely N-dealkylation sites (N-methyl/N-ethyl adjacent to an activating group) is 1. The van der Waals surface area contributed by atoms with Gasteiger partial charge in [-0.2, -0.15) is 0 Å². The fourth-order valence-corrected chi connectivity index (χ4v) is 3.01. The normalized spacial score (nSPS) is 17.4. The molecule has 1 aliphatic heterocycles. The maximum Gasteiger partial charge on any atom is 0.147 e. The van der Waals surface area contributed by atoms with Crippen molar-refractivity contribution in [3.8, 4) is 10.6 Å². The van der Waals surface area contributed by atoms with Gasteiger partial charge in [0.25, 0.3) is 0 Å². The molecule has 5 heteroatoms. The Bertz CT molecular complexity index is 526. The molecule has 3 rings (SSSR count). The molecular weight excluding hydrogens is 256 g/mol. The standard InChI is InChI=1S/C14H18N4S/c1-17-5-3-6-18(8-7-17)14-11-15-10-12(16-14)13-4-2-9-19-13/h2,4,9-11H,3,5-8H2,1H3. The van der Waals surface area contributed by atoms with Crippen molar-refractivity contribution in [2.75, 3.05) is 38.1 Å². The van der Waals surface area contributed by atoms with E-state index in [1.807, 2.05) is 12.4 Å². The Morgan fingerprint density at radius 1 is 1.16 bits per heavy atom. The van der Waals surface area contributed by atoms with Crippen LogP contribution in [0.25, 0.3) is 10.6 Å². The van der Waals surface area contributed by atoms with E-state index in [4.69, 9.17) is 4.98 Å². The number of hydrogen-bond donors (Lipinski definition) is 0. The highest BCUT2D eigenvalue weighted by Gasteiger charge is 2.14. The molecule has 19 heavy (non-hydrogen) atoms. The smallest absolute Gasteiger partial charge is 0.147 e. The van der Waals surface area contributed by atoms with Crippen molar-refractivity contribution < 1.29 is 0 Å². The largest absolute Gasteiger partial charge is 0.354 e. The van der Waals surface area contributed by atoms with Crippen LogP contribution < -0.4 is 4.90 Å². The van der Waals surface area contributed by atoms with Crippen LogP contribution in [0.2, 0.25) is 0 Å². The second-order valence-electron chi connectivity index (χ2n) is 4.88. The number of hydrogen-bond acceptors (Lipinski definition) is 5. The molecule has 3 heterocycles. The second-order valence-corrected chi connectivity index (χ2v) is 5.83. The zero-order chi connectivity index (χ0) is 13.1. The van der Waals surface area contributed by atoms with Gasteiger partial charge in [0.15, 0.2) is 0 Å². The highest BCUT2D eigenvalue weighted by Crippen LogP contribution is 2.24. The Morgan fingerprint density at radius 2 is 2.11 bits per heavy atom. The fraction of sp³-hybridized carbons (Fsp3) is 0.429. The van der Waals surface area contributed by atoms with Crippen LogP contribution in [0.3, 0.4) is 0 Å². The molecule has 0 aromatic carbocycles. The molecule has 100 valence electrons. The van der Waals surface area contributed by atoms with Crippen molar-refractivity contribution in [1.82, 2.24) is 14.9 Å². The summed E-state index contributed by atoms with van der Waals surface area (Å²) in [4.78, 5) is 15.0. The zero-order valence-corrected chi connectivity index (χ0v) is 11.9. The summed E-state index contributed by atoms with van der Waals surface area (Å²) in [6, 6.07) is 4.14. The van der Waals surface area contributed by atoms with Gasteiger partial charge in [0, 0.05) is 19.6 Å². The number of anilines is 1. The molecule has 1 fully saturated rings. The van der Waals surface area contributed by atoms with E-state index in [0.717, 1.165) is 37.7 Å². The lowest BCUT2D eigenvalue weighted by Crippen LogP contribution is -2.29. The molecule has 4 nitrogen and oxygen atoms in total. The molecule has 0 saturated carbocycles. The van der Waals surface area contributed by atoms with E-state index < -0.39 is 0 Å². The van der Waals surface area contributed by atoms with Gasteiger partial charge in [-0.25, -0.2) is 4.98 Å². The monoisotopic (exact) mass is 274 g/mol. The topological polar surface area (TPSA) is 32.3 Å². The first-order valence-electron chi connectivity index (χ1n) is 6.62. The minimum absolute atomic E-state index is 0.977. The molecule has 0 unspecified atom stereocenters. The third-order valence-electron chi connectivity index (χ3n) is 3.44. The van der Waals surface area contributed by atoms with Crippen LogP contribution in [0.1, 0.15) is 6.42 Å². The first-order valence-corrected chi connectivity index (χ1v) is 7.50. The molecule has 0 N–H and O–H groups in total. The minimum atomic E-state index is 0.977. The number of aromatic nitrogens is 2. The Morgan fingerprint density at radius 3 is 2.95 bits per heavy atom. The molecule has 0 spiro atoms. The maximum atomic E-state index is 4.76. The summed E-state index contributed by atoms with van der Waals surface area (Å²) >= 11 is 1.71. The van der Waals surface area contributed by atoms with E-state index in [9.17, 15) is 0 Å². The summed E-state index contributed by atoms with van der Waals surface area (Å²) in [6.07, 6.45) is 4.91. The third-order valence-corrected chi connectivity index (χ3v) is 4.33. The van der Waals surface area contributed by atoms with Crippen LogP contribution in [0.15, 0.2) is 29.9 Å². The van der Waals surface area contributed by atoms with Gasteiger partial charge in [0.1, 0.15) is 11.5 Å². The lowest BCUT2D eigenvalue weighted by Gasteiger charge is -2.21. The average molecular weight is 274 g/mol. The predicted molar refractivity (Wildman–Crippen MR) is 79.7 cm³/mol. The van der Waals surface area contributed by atoms with Crippen LogP contribution in [0.4, 0.5) is 5.82 Å². The quantitative estimate of drug-likeness (QED) is 0.841. The van der Waals surface area contributed by atoms with Crippen LogP contribution >= 0.6 is 11.3 Å². The number of thiophene rings is 1. The summed E-state index contributed by atoms with van der Waals surface area (Å²) in [5, 5.41) is 2.07. The van der Waals surface area contributed by atoms with Crippen molar-refractivity contribution in [3.63, 3.8) is 0 Å². The van der Waals surface area contributed by atoms with Gasteiger partial charge in [-0.3, -0.25) is 4.98 Å². The highest BCUT2D eigenvalue weighted by atomic mass is 32.1. The Labute approximate surface area is 117 Å². The van der Waals surface area contributed by atoms with Crippen molar-refractivity contribution in [2.24, 2.45) is 0 Å². The highest BCUT2D eigenvalue weighted by molar-refractivity contribution is 7.13. The van der Waals surface area contributed by atoms with E-state index in [-0.39, 0.29) is 0 Å². The maximum absolute atomic E-state index is 4.76. The van der Waals surface area contributed by atoms with Gasteiger partial charge in [0.2, 0.25) is 0 Å². The van der Waals surface area contributed by atoms with Crippen LogP contribution in [0, 0.1) is 0 Å². The summed E-state index contributed by atoms with van der Waals surface area (Å²) in [6.45, 7) is 4.34. The Hall–Kier alpha value is -1.46. The van der Waals surface area contributed by atoms with Gasteiger partial charge in [0.05, 0.1) is 17.3 Å². The molecule has 0 aliphatic carbocycles. The fourth-order valence-electron chi connectivity index (χ4n) is 2.33. The summed E-state index contributed by atoms with van der Waals surface area (Å²) in [7, 11) is 2.18. The minimum Gasteiger partial charge on any atom is -0.354 e. The van der Waals surface area contributed by atoms with Crippen molar-refractivity contribution in [1.29, 1.82) is 0 Å². The van der Waals surface area contributed by atoms with Gasteiger partial charge < -0.3 is 9.80 Å². The third kappa shape index (κ3) is 2.93. The van der Waals surface area contributed by atoms with Gasteiger partial charge >= 0.3 is 0 Å². The number of nitrogens with zero attached hydrogens (tertiary/aromatic N) is 4. The lowest BCUT2D eigenvalue weighted by molar-refractivity contribution is 0.360. The molecule has 2 aromatic rings. The Kier molecular flexibility index (Phi) is 3.75. The van der Waals surface area contributed by atoms with Crippen molar-refractivity contribution in [3.05, 3.63) is 29.9 Å². The lowest BCUT2D eigenvalue weighted by atomic mass is 10.3. The number of rotatable bonds is 2. The molecule has 0 radical (unpaired) electrons. The zero-order valence-electron chi connectivity index (χ0n) is 11.1. The molecule has 0 bridgehead atoms. The Balaban J connectivity index is 1.83. The van der Waals surface area contributed by atoms with E-state index in [0.29, 0.717) is 0 Å². The SMILES string of the molecule is CN1CCCN(c2cncc(-c3cccs3)n2)CC1. The molecular formula is C14H18N4S. The predicted octanol–water partition coefficient (Wildman–Crippen LogP) is 2.35. The summed E-state index contributed by atoms with van der Waals surface area (Å²) < 4.78 is 0. The van der Waals surface area contributed by atoms with Crippen molar-refractivity contribution in [2.45, 2.75) is 6.42 Å². The second kappa shape index (κ2) is 5.67. The van der Waals surface area contributed by atoms with E-state index in [1.165, 1.54) is 11.3 Å². The molecule has 1 aliphatic rings. The summed E-state index contributed by atoms with van der Waals surface area (Å²) in [5.74, 6) is 1.00. The molecule has 1 saturated heterocycles. The molecule has 0 amide bonds. The van der Waals surface area contributed by atoms with E-state index >= 15 is 0 Å². The van der Waals surface area contributed by atoms with Gasteiger partial charge in [-0.05, 0) is 31.5 Å². The molecule has 0 atom stereocenters. The van der Waals surface area contributed by atoms with Crippen LogP contribution in [-0.2, 0) is 0 Å². The first-order chi connectivity index (χ1) is 9.33. The summed E-state index contributed by atoms with van der Waals surface area (Å²) in [5.41, 5.74) is 0.977. The van der Waals surface area contributed by atoms with E-state index in [1.54, 1.807) is 11.3 Å². The molecule has 2 aromatic heterocycles. The van der Waals surface area contributed by atoms with Gasteiger partial charge in [-0.15, -0.1) is 11.3 Å². The van der Waals surface area contributed by atoms with Crippen molar-refractivity contribution >= 4 is 17.2 Å². The van der Waals surface area contributed by atoms with Crippen LogP contribution in [0.5, 0.6) is 0 Å². The average Bonchev–Trinajstić information content (AvgIpc) is 2.89. The first kappa shape index (κ1) is 12.6. The van der Waals surface area contributed by atoms with Crippen LogP contribution in [-0.4, -0.2) is 48.1 Å².